The summed E-state index contributed by atoms with van der Waals surface area (Å²) >= 11 is 0. The summed E-state index contributed by atoms with van der Waals surface area (Å²) in [5, 5.41) is 6.48. The number of aromatic amines is 1. The van der Waals surface area contributed by atoms with E-state index in [1.807, 2.05) is 0 Å². The number of Topliss-reactive ketones (excluding diaryl/α,β-unsaturated/α-hetero) is 1. The molecule has 2 aromatic rings. The Morgan fingerprint density at radius 2 is 2.12 bits per heavy atom. The van der Waals surface area contributed by atoms with Crippen LogP contribution in [0, 0.1) is 0 Å². The molecule has 4 heteroatoms. The van der Waals surface area contributed by atoms with Crippen LogP contribution in [0.5, 0.6) is 5.75 Å². The molecule has 0 saturated carbocycles. The second-order valence-electron chi connectivity index (χ2n) is 3.44. The number of benzene rings is 1. The van der Waals surface area contributed by atoms with Gasteiger partial charge in [-0.15, -0.1) is 0 Å². The largest absolute Gasteiger partial charge is 0.497 e. The summed E-state index contributed by atoms with van der Waals surface area (Å²) in [5.41, 5.74) is 1.57. The highest BCUT2D eigenvalue weighted by Crippen LogP contribution is 2.13. The maximum Gasteiger partial charge on any atom is 0.167 e. The standard InChI is InChI=1S/C12H12N2O2/c1-16-11-4-2-10(3-5-11)12(15)6-9-7-13-14-8-9/h2-5,7-8H,6H2,1H3,(H,13,14). The normalized spacial score (nSPS) is 10.1. The Kier molecular flexibility index (Phi) is 3.00. The predicted molar refractivity (Wildman–Crippen MR) is 59.6 cm³/mol. The van der Waals surface area contributed by atoms with Crippen molar-refractivity contribution in [3.8, 4) is 5.75 Å². The SMILES string of the molecule is COc1ccc(C(=O)Cc2cn[nH]c2)cc1. The Hall–Kier alpha value is -2.10. The van der Waals surface area contributed by atoms with E-state index in [2.05, 4.69) is 10.2 Å². The van der Waals surface area contributed by atoms with Gasteiger partial charge < -0.3 is 4.74 Å². The molecule has 82 valence electrons. The van der Waals surface area contributed by atoms with Crippen LogP contribution in [0.1, 0.15) is 15.9 Å². The van der Waals surface area contributed by atoms with E-state index < -0.39 is 0 Å². The molecule has 16 heavy (non-hydrogen) atoms. The molecule has 4 nitrogen and oxygen atoms in total. The fourth-order valence-corrected chi connectivity index (χ4v) is 1.44. The van der Waals surface area contributed by atoms with Crippen molar-refractivity contribution in [1.29, 1.82) is 0 Å². The number of nitrogens with one attached hydrogen (secondary N) is 1. The molecule has 0 aliphatic carbocycles. The van der Waals surface area contributed by atoms with Gasteiger partial charge in [-0.25, -0.2) is 0 Å². The van der Waals surface area contributed by atoms with Crippen molar-refractivity contribution in [2.24, 2.45) is 0 Å². The minimum absolute atomic E-state index is 0.0732. The van der Waals surface area contributed by atoms with Gasteiger partial charge in [-0.1, -0.05) is 0 Å². The zero-order valence-electron chi connectivity index (χ0n) is 8.93. The van der Waals surface area contributed by atoms with E-state index >= 15 is 0 Å². The van der Waals surface area contributed by atoms with E-state index in [9.17, 15) is 4.79 Å². The summed E-state index contributed by atoms with van der Waals surface area (Å²) in [6.07, 6.45) is 3.74. The van der Waals surface area contributed by atoms with Crippen LogP contribution < -0.4 is 4.74 Å². The van der Waals surface area contributed by atoms with Gasteiger partial charge in [0.25, 0.3) is 0 Å². The monoisotopic (exact) mass is 216 g/mol. The molecule has 0 radical (unpaired) electrons. The third-order valence-electron chi connectivity index (χ3n) is 2.33. The van der Waals surface area contributed by atoms with Crippen molar-refractivity contribution in [2.75, 3.05) is 7.11 Å². The fraction of sp³-hybridized carbons (Fsp3) is 0.167. The van der Waals surface area contributed by atoms with Crippen molar-refractivity contribution in [3.63, 3.8) is 0 Å². The fourth-order valence-electron chi connectivity index (χ4n) is 1.44. The maximum atomic E-state index is 11.8. The van der Waals surface area contributed by atoms with Crippen LogP contribution >= 0.6 is 0 Å². The second kappa shape index (κ2) is 4.61. The number of carbonyl (C=O) groups is 1. The molecule has 0 fully saturated rings. The van der Waals surface area contributed by atoms with Gasteiger partial charge in [-0.05, 0) is 29.8 Å². The molecular weight excluding hydrogens is 204 g/mol. The van der Waals surface area contributed by atoms with E-state index in [1.54, 1.807) is 43.8 Å². The van der Waals surface area contributed by atoms with Gasteiger partial charge in [0.1, 0.15) is 5.75 Å². The Morgan fingerprint density at radius 1 is 1.38 bits per heavy atom. The van der Waals surface area contributed by atoms with Gasteiger partial charge in [0.05, 0.1) is 13.3 Å². The molecule has 0 saturated heterocycles. The van der Waals surface area contributed by atoms with Crippen molar-refractivity contribution in [2.45, 2.75) is 6.42 Å². The van der Waals surface area contributed by atoms with Crippen molar-refractivity contribution < 1.29 is 9.53 Å². The zero-order valence-corrected chi connectivity index (χ0v) is 8.93. The predicted octanol–water partition coefficient (Wildman–Crippen LogP) is 1.84. The summed E-state index contributed by atoms with van der Waals surface area (Å²) in [6.45, 7) is 0. The highest BCUT2D eigenvalue weighted by atomic mass is 16.5. The van der Waals surface area contributed by atoms with Gasteiger partial charge in [0.15, 0.2) is 5.78 Å². The smallest absolute Gasteiger partial charge is 0.167 e. The Balaban J connectivity index is 2.09. The van der Waals surface area contributed by atoms with Gasteiger partial charge in [0.2, 0.25) is 0 Å². The number of H-pyrrole nitrogens is 1. The number of rotatable bonds is 4. The van der Waals surface area contributed by atoms with Gasteiger partial charge in [-0.2, -0.15) is 5.10 Å². The molecule has 1 aromatic heterocycles. The average molecular weight is 216 g/mol. The van der Waals surface area contributed by atoms with Crippen LogP contribution in [0.3, 0.4) is 0 Å². The molecule has 1 heterocycles. The Bertz CT molecular complexity index is 460. The number of nitrogens with zero attached hydrogens (tertiary/aromatic N) is 1. The lowest BCUT2D eigenvalue weighted by atomic mass is 10.1. The van der Waals surface area contributed by atoms with E-state index in [-0.39, 0.29) is 5.78 Å². The Morgan fingerprint density at radius 3 is 2.69 bits per heavy atom. The molecule has 0 bridgehead atoms. The summed E-state index contributed by atoms with van der Waals surface area (Å²) in [6, 6.07) is 7.09. The first kappa shape index (κ1) is 10.4. The number of ether oxygens (including phenoxy) is 1. The second-order valence-corrected chi connectivity index (χ2v) is 3.44. The molecule has 2 rings (SSSR count). The van der Waals surface area contributed by atoms with Crippen molar-refractivity contribution in [1.82, 2.24) is 10.2 Å². The number of carbonyl (C=O) groups excluding carboxylic acids is 1. The number of hydrogen-bond acceptors (Lipinski definition) is 3. The molecule has 0 unspecified atom stereocenters. The highest BCUT2D eigenvalue weighted by Gasteiger charge is 2.07. The summed E-state index contributed by atoms with van der Waals surface area (Å²) in [7, 11) is 1.60. The first-order valence-electron chi connectivity index (χ1n) is 4.94. The van der Waals surface area contributed by atoms with Crippen molar-refractivity contribution in [3.05, 3.63) is 47.8 Å². The van der Waals surface area contributed by atoms with Crippen molar-refractivity contribution >= 4 is 5.78 Å². The van der Waals surface area contributed by atoms with Crippen LogP contribution in [0.4, 0.5) is 0 Å². The molecule has 1 aromatic carbocycles. The van der Waals surface area contributed by atoms with Gasteiger partial charge >= 0.3 is 0 Å². The summed E-state index contributed by atoms with van der Waals surface area (Å²) in [4.78, 5) is 11.8. The molecule has 0 atom stereocenters. The lowest BCUT2D eigenvalue weighted by molar-refractivity contribution is 0.0993. The minimum Gasteiger partial charge on any atom is -0.497 e. The third kappa shape index (κ3) is 2.28. The van der Waals surface area contributed by atoms with Crippen LogP contribution in [0.15, 0.2) is 36.7 Å². The lowest BCUT2D eigenvalue weighted by Crippen LogP contribution is -2.02. The minimum atomic E-state index is 0.0732. The van der Waals surface area contributed by atoms with E-state index in [4.69, 9.17) is 4.74 Å². The summed E-state index contributed by atoms with van der Waals surface area (Å²) < 4.78 is 5.03. The van der Waals surface area contributed by atoms with E-state index in [1.165, 1.54) is 0 Å². The van der Waals surface area contributed by atoms with Crippen LogP contribution in [0.2, 0.25) is 0 Å². The molecule has 0 aliphatic rings. The van der Waals surface area contributed by atoms with E-state index in [0.29, 0.717) is 12.0 Å². The van der Waals surface area contributed by atoms with Crippen LogP contribution in [-0.2, 0) is 6.42 Å². The number of ketones is 1. The molecule has 0 spiro atoms. The topological polar surface area (TPSA) is 55.0 Å². The summed E-state index contributed by atoms with van der Waals surface area (Å²) in [5.74, 6) is 0.823. The molecule has 0 amide bonds. The first-order chi connectivity index (χ1) is 7.79. The first-order valence-corrected chi connectivity index (χ1v) is 4.94. The quantitative estimate of drug-likeness (QED) is 0.793. The Labute approximate surface area is 93.3 Å². The third-order valence-corrected chi connectivity index (χ3v) is 2.33. The number of aromatic nitrogens is 2. The van der Waals surface area contributed by atoms with Gasteiger partial charge in [0, 0.05) is 18.2 Å². The highest BCUT2D eigenvalue weighted by molar-refractivity contribution is 5.97. The van der Waals surface area contributed by atoms with Crippen LogP contribution in [-0.4, -0.2) is 23.1 Å². The molecule has 1 N–H and O–H groups in total. The maximum absolute atomic E-state index is 11.8. The average Bonchev–Trinajstić information content (AvgIpc) is 2.82. The number of hydrogen-bond donors (Lipinski definition) is 1. The number of methoxy groups -OCH3 is 1. The lowest BCUT2D eigenvalue weighted by Gasteiger charge is -2.01. The van der Waals surface area contributed by atoms with Crippen LogP contribution in [0.25, 0.3) is 0 Å². The zero-order chi connectivity index (χ0) is 11.4. The van der Waals surface area contributed by atoms with E-state index in [0.717, 1.165) is 11.3 Å². The molecule has 0 aliphatic heterocycles. The molecular formula is C12H12N2O2. The van der Waals surface area contributed by atoms with Gasteiger partial charge in [-0.3, -0.25) is 9.89 Å².